The summed E-state index contributed by atoms with van der Waals surface area (Å²) in [7, 11) is -1.67. The number of hydrogen-bond donors (Lipinski definition) is 0. The molecule has 0 saturated carbocycles. The van der Waals surface area contributed by atoms with E-state index in [1.54, 1.807) is 0 Å². The third-order valence-electron chi connectivity index (χ3n) is 5.47. The van der Waals surface area contributed by atoms with Crippen molar-refractivity contribution in [1.29, 1.82) is 0 Å². The second-order valence-electron chi connectivity index (χ2n) is 7.64. The number of aryl methyl sites for hydroxylation is 3. The maximum absolute atomic E-state index is 12.9. The molecule has 0 bridgehead atoms. The summed E-state index contributed by atoms with van der Waals surface area (Å²) in [5, 5.41) is 0. The Morgan fingerprint density at radius 1 is 1.10 bits per heavy atom. The summed E-state index contributed by atoms with van der Waals surface area (Å²) in [6.45, 7) is 8.90. The standard InChI is InChI=1S/C23H29N3O3S2/c1-6-8-13-26(7-2)31(28,29)19-11-9-18(10-12-19)22(27)24-23-25(5)20-14-16(3)17(4)15-21(20)30-23/h9-12,14-15H,6-8,13H2,1-5H3. The van der Waals surface area contributed by atoms with Crippen molar-refractivity contribution in [3.63, 3.8) is 0 Å². The maximum atomic E-state index is 12.9. The van der Waals surface area contributed by atoms with Crippen molar-refractivity contribution in [2.45, 2.75) is 45.4 Å². The number of nitrogens with zero attached hydrogens (tertiary/aromatic N) is 3. The molecule has 0 aliphatic carbocycles. The van der Waals surface area contributed by atoms with Crippen LogP contribution in [0.2, 0.25) is 0 Å². The van der Waals surface area contributed by atoms with Gasteiger partial charge in [-0.25, -0.2) is 8.42 Å². The van der Waals surface area contributed by atoms with Gasteiger partial charge in [0.1, 0.15) is 0 Å². The molecule has 8 heteroatoms. The van der Waals surface area contributed by atoms with Crippen LogP contribution >= 0.6 is 11.3 Å². The number of carbonyl (C=O) groups is 1. The number of amides is 1. The summed E-state index contributed by atoms with van der Waals surface area (Å²) in [5.74, 6) is -0.391. The molecule has 0 atom stereocenters. The summed E-state index contributed by atoms with van der Waals surface area (Å²) in [5.41, 5.74) is 3.79. The first kappa shape index (κ1) is 23.4. The SMILES string of the molecule is CCCCN(CC)S(=O)(=O)c1ccc(C(=O)N=c2sc3cc(C)c(C)cc3n2C)cc1. The highest BCUT2D eigenvalue weighted by Crippen LogP contribution is 2.21. The second kappa shape index (κ2) is 9.46. The highest BCUT2D eigenvalue weighted by molar-refractivity contribution is 7.89. The molecule has 0 spiro atoms. The molecular formula is C23H29N3O3S2. The van der Waals surface area contributed by atoms with Gasteiger partial charge in [-0.2, -0.15) is 9.30 Å². The van der Waals surface area contributed by atoms with Crippen molar-refractivity contribution in [1.82, 2.24) is 8.87 Å². The van der Waals surface area contributed by atoms with Gasteiger partial charge >= 0.3 is 0 Å². The number of fused-ring (bicyclic) bond motifs is 1. The Hall–Kier alpha value is -2.29. The van der Waals surface area contributed by atoms with Crippen molar-refractivity contribution >= 4 is 37.5 Å². The molecule has 2 aromatic carbocycles. The third-order valence-corrected chi connectivity index (χ3v) is 8.56. The highest BCUT2D eigenvalue weighted by Gasteiger charge is 2.22. The molecule has 0 unspecified atom stereocenters. The van der Waals surface area contributed by atoms with E-state index in [4.69, 9.17) is 0 Å². The van der Waals surface area contributed by atoms with E-state index in [2.05, 4.69) is 31.0 Å². The highest BCUT2D eigenvalue weighted by atomic mass is 32.2. The maximum Gasteiger partial charge on any atom is 0.279 e. The van der Waals surface area contributed by atoms with Crippen LogP contribution in [-0.4, -0.2) is 36.3 Å². The van der Waals surface area contributed by atoms with Crippen LogP contribution in [0.25, 0.3) is 10.2 Å². The fourth-order valence-electron chi connectivity index (χ4n) is 3.34. The molecule has 1 amide bonds. The lowest BCUT2D eigenvalue weighted by Crippen LogP contribution is -2.31. The fraction of sp³-hybridized carbons (Fsp3) is 0.391. The molecule has 0 aliphatic heterocycles. The van der Waals surface area contributed by atoms with Crippen molar-refractivity contribution in [2.75, 3.05) is 13.1 Å². The summed E-state index contributed by atoms with van der Waals surface area (Å²) in [6, 6.07) is 10.3. The number of rotatable bonds is 7. The van der Waals surface area contributed by atoms with Gasteiger partial charge in [-0.15, -0.1) is 0 Å². The zero-order valence-corrected chi connectivity index (χ0v) is 20.3. The van der Waals surface area contributed by atoms with E-state index < -0.39 is 15.9 Å². The molecule has 0 fully saturated rings. The first-order chi connectivity index (χ1) is 14.7. The average molecular weight is 460 g/mol. The lowest BCUT2D eigenvalue weighted by molar-refractivity contribution is 0.0998. The van der Waals surface area contributed by atoms with Crippen molar-refractivity contribution in [3.8, 4) is 0 Å². The van der Waals surface area contributed by atoms with Gasteiger partial charge in [0.2, 0.25) is 10.0 Å². The molecular weight excluding hydrogens is 430 g/mol. The molecule has 3 aromatic rings. The van der Waals surface area contributed by atoms with Crippen LogP contribution in [0.1, 0.15) is 48.2 Å². The molecule has 1 aromatic heterocycles. The van der Waals surface area contributed by atoms with Gasteiger partial charge in [0.05, 0.1) is 15.1 Å². The summed E-state index contributed by atoms with van der Waals surface area (Å²) < 4.78 is 30.2. The number of benzene rings is 2. The van der Waals surface area contributed by atoms with Crippen LogP contribution in [0, 0.1) is 13.8 Å². The molecule has 0 saturated heterocycles. The van der Waals surface area contributed by atoms with E-state index in [0.717, 1.165) is 23.1 Å². The van der Waals surface area contributed by atoms with Crippen molar-refractivity contribution in [2.24, 2.45) is 12.0 Å². The predicted octanol–water partition coefficient (Wildman–Crippen LogP) is 4.41. The first-order valence-corrected chi connectivity index (χ1v) is 12.7. The Morgan fingerprint density at radius 3 is 2.35 bits per heavy atom. The normalized spacial score (nSPS) is 12.8. The smallest absolute Gasteiger partial charge is 0.279 e. The van der Waals surface area contributed by atoms with Gasteiger partial charge in [0.25, 0.3) is 5.91 Å². The lowest BCUT2D eigenvalue weighted by Gasteiger charge is -2.20. The van der Waals surface area contributed by atoms with Crippen LogP contribution in [0.3, 0.4) is 0 Å². The molecule has 3 rings (SSSR count). The fourth-order valence-corrected chi connectivity index (χ4v) is 5.92. The third kappa shape index (κ3) is 4.81. The van der Waals surface area contributed by atoms with Gasteiger partial charge < -0.3 is 4.57 Å². The molecule has 0 radical (unpaired) electrons. The zero-order chi connectivity index (χ0) is 22.8. The van der Waals surface area contributed by atoms with Crippen molar-refractivity contribution < 1.29 is 13.2 Å². The monoisotopic (exact) mass is 459 g/mol. The molecule has 6 nitrogen and oxygen atoms in total. The Kier molecular flexibility index (Phi) is 7.13. The van der Waals surface area contributed by atoms with Gasteiger partial charge in [0, 0.05) is 25.7 Å². The topological polar surface area (TPSA) is 71.7 Å². The van der Waals surface area contributed by atoms with E-state index in [0.29, 0.717) is 23.5 Å². The van der Waals surface area contributed by atoms with E-state index in [9.17, 15) is 13.2 Å². The lowest BCUT2D eigenvalue weighted by atomic mass is 10.1. The van der Waals surface area contributed by atoms with Gasteiger partial charge in [-0.1, -0.05) is 31.6 Å². The quantitative estimate of drug-likeness (QED) is 0.525. The summed E-state index contributed by atoms with van der Waals surface area (Å²) in [6.07, 6.45) is 1.74. The minimum atomic E-state index is -3.57. The summed E-state index contributed by atoms with van der Waals surface area (Å²) >= 11 is 1.46. The van der Waals surface area contributed by atoms with E-state index in [1.807, 2.05) is 25.5 Å². The van der Waals surface area contributed by atoms with Gasteiger partial charge in [-0.3, -0.25) is 4.79 Å². The average Bonchev–Trinajstić information content (AvgIpc) is 3.03. The van der Waals surface area contributed by atoms with E-state index >= 15 is 0 Å². The number of thiazole rings is 1. The van der Waals surface area contributed by atoms with Crippen LogP contribution in [0.15, 0.2) is 46.3 Å². The van der Waals surface area contributed by atoms with Crippen LogP contribution in [0.5, 0.6) is 0 Å². The van der Waals surface area contributed by atoms with Crippen molar-refractivity contribution in [3.05, 3.63) is 57.9 Å². The van der Waals surface area contributed by atoms with E-state index in [1.165, 1.54) is 51.0 Å². The molecule has 0 N–H and O–H groups in total. The minimum Gasteiger partial charge on any atom is -0.319 e. The van der Waals surface area contributed by atoms with Gasteiger partial charge in [-0.05, 0) is 67.8 Å². The Bertz CT molecular complexity index is 1270. The molecule has 1 heterocycles. The van der Waals surface area contributed by atoms with Gasteiger partial charge in [0.15, 0.2) is 4.80 Å². The van der Waals surface area contributed by atoms with Crippen LogP contribution in [-0.2, 0) is 17.1 Å². The molecule has 31 heavy (non-hydrogen) atoms. The number of aromatic nitrogens is 1. The molecule has 0 aliphatic rings. The van der Waals surface area contributed by atoms with Crippen LogP contribution in [0.4, 0.5) is 0 Å². The summed E-state index contributed by atoms with van der Waals surface area (Å²) in [4.78, 5) is 17.8. The Labute approximate surface area is 187 Å². The number of carbonyl (C=O) groups excluding carboxylic acids is 1. The van der Waals surface area contributed by atoms with E-state index in [-0.39, 0.29) is 4.90 Å². The first-order valence-electron chi connectivity index (χ1n) is 10.4. The number of unbranched alkanes of at least 4 members (excludes halogenated alkanes) is 1. The predicted molar refractivity (Wildman–Crippen MR) is 126 cm³/mol. The zero-order valence-electron chi connectivity index (χ0n) is 18.7. The van der Waals surface area contributed by atoms with Crippen LogP contribution < -0.4 is 4.80 Å². The Balaban J connectivity index is 1.90. The minimum absolute atomic E-state index is 0.195. The second-order valence-corrected chi connectivity index (χ2v) is 10.6. The Morgan fingerprint density at radius 2 is 1.74 bits per heavy atom. The number of sulfonamides is 1. The number of hydrogen-bond acceptors (Lipinski definition) is 4. The largest absolute Gasteiger partial charge is 0.319 e. The molecule has 166 valence electrons.